The Hall–Kier alpha value is -1.73. The van der Waals surface area contributed by atoms with Crippen LogP contribution in [0.15, 0.2) is 0 Å². The second-order valence-corrected chi connectivity index (χ2v) is 9.61. The highest BCUT2D eigenvalue weighted by Gasteiger charge is 2.58. The zero-order valence-corrected chi connectivity index (χ0v) is 17.3. The van der Waals surface area contributed by atoms with Crippen LogP contribution in [-0.2, 0) is 28.6 Å². The zero-order valence-electron chi connectivity index (χ0n) is 17.3. The van der Waals surface area contributed by atoms with Gasteiger partial charge in [0.2, 0.25) is 0 Å². The van der Waals surface area contributed by atoms with Gasteiger partial charge in [-0.2, -0.15) is 8.78 Å². The summed E-state index contributed by atoms with van der Waals surface area (Å²) in [5.41, 5.74) is -1.60. The summed E-state index contributed by atoms with van der Waals surface area (Å²) in [5.74, 6) is -2.28. The molecule has 4 bridgehead atoms. The van der Waals surface area contributed by atoms with Crippen molar-refractivity contribution in [2.45, 2.75) is 71.8 Å². The first-order chi connectivity index (χ1) is 13.5. The lowest BCUT2D eigenvalue weighted by atomic mass is 9.49. The maximum absolute atomic E-state index is 14.2. The summed E-state index contributed by atoms with van der Waals surface area (Å²) in [7, 11) is 0. The molecule has 0 aromatic carbocycles. The van der Waals surface area contributed by atoms with Crippen molar-refractivity contribution in [1.29, 1.82) is 0 Å². The predicted molar refractivity (Wildman–Crippen MR) is 97.6 cm³/mol. The summed E-state index contributed by atoms with van der Waals surface area (Å²) in [6.45, 7) is 4.33. The molecule has 4 aliphatic carbocycles. The minimum absolute atomic E-state index is 0.340. The first kappa shape index (κ1) is 22.0. The van der Waals surface area contributed by atoms with Gasteiger partial charge >= 0.3 is 24.0 Å². The Bertz CT molecular complexity index is 637. The number of halogens is 2. The highest BCUT2D eigenvalue weighted by molar-refractivity contribution is 5.83. The van der Waals surface area contributed by atoms with Crippen molar-refractivity contribution in [3.63, 3.8) is 0 Å². The van der Waals surface area contributed by atoms with Crippen LogP contribution in [0.2, 0.25) is 0 Å². The fraction of sp³-hybridized carbons (Fsp3) is 0.857. The molecule has 6 nitrogen and oxygen atoms in total. The van der Waals surface area contributed by atoms with Gasteiger partial charge in [-0.15, -0.1) is 0 Å². The van der Waals surface area contributed by atoms with Crippen LogP contribution in [0, 0.1) is 28.6 Å². The molecule has 29 heavy (non-hydrogen) atoms. The van der Waals surface area contributed by atoms with Crippen molar-refractivity contribution in [3.8, 4) is 0 Å². The number of hydrogen-bond acceptors (Lipinski definition) is 6. The van der Waals surface area contributed by atoms with Crippen molar-refractivity contribution in [2.75, 3.05) is 13.2 Å². The number of ether oxygens (including phenoxy) is 3. The molecule has 8 heteroatoms. The number of esters is 3. The highest BCUT2D eigenvalue weighted by atomic mass is 19.3. The molecule has 0 aromatic heterocycles. The van der Waals surface area contributed by atoms with E-state index in [4.69, 9.17) is 4.74 Å². The molecule has 0 atom stereocenters. The van der Waals surface area contributed by atoms with E-state index in [0.717, 1.165) is 19.3 Å². The minimum Gasteiger partial charge on any atom is -0.462 e. The summed E-state index contributed by atoms with van der Waals surface area (Å²) < 4.78 is 42.1. The fourth-order valence-corrected chi connectivity index (χ4v) is 5.32. The Morgan fingerprint density at radius 3 is 1.79 bits per heavy atom. The van der Waals surface area contributed by atoms with Gasteiger partial charge in [0.1, 0.15) is 13.2 Å². The van der Waals surface area contributed by atoms with Gasteiger partial charge in [-0.1, -0.05) is 6.92 Å². The van der Waals surface area contributed by atoms with Crippen molar-refractivity contribution in [2.24, 2.45) is 28.6 Å². The number of rotatable bonds is 8. The normalized spacial score (nSPS) is 30.7. The third kappa shape index (κ3) is 4.56. The lowest BCUT2D eigenvalue weighted by molar-refractivity contribution is -0.255. The summed E-state index contributed by atoms with van der Waals surface area (Å²) >= 11 is 0. The van der Waals surface area contributed by atoms with Crippen LogP contribution in [0.1, 0.15) is 65.7 Å². The van der Waals surface area contributed by atoms with Gasteiger partial charge in [0, 0.05) is 0 Å². The third-order valence-corrected chi connectivity index (χ3v) is 6.92. The molecule has 0 unspecified atom stereocenters. The van der Waals surface area contributed by atoms with Crippen molar-refractivity contribution < 1.29 is 37.4 Å². The topological polar surface area (TPSA) is 78.9 Å². The molecule has 0 heterocycles. The SMILES string of the molecule is CCC(C)(C)C(=O)OCCOC(=O)C(F)(F)OC(=O)C12CC3CC(CC(C3)C1)C2. The largest absolute Gasteiger partial charge is 0.504 e. The molecule has 0 spiro atoms. The number of carbonyl (C=O) groups excluding carboxylic acids is 3. The molecule has 0 aliphatic heterocycles. The van der Waals surface area contributed by atoms with Crippen LogP contribution in [-0.4, -0.2) is 37.2 Å². The lowest BCUT2D eigenvalue weighted by Gasteiger charge is -2.55. The predicted octanol–water partition coefficient (Wildman–Crippen LogP) is 3.86. The van der Waals surface area contributed by atoms with E-state index in [1.807, 2.05) is 6.92 Å². The monoisotopic (exact) mass is 416 g/mol. The molecule has 164 valence electrons. The third-order valence-electron chi connectivity index (χ3n) is 6.92. The Balaban J connectivity index is 1.48. The van der Waals surface area contributed by atoms with E-state index in [-0.39, 0.29) is 6.61 Å². The second-order valence-electron chi connectivity index (χ2n) is 9.61. The Labute approximate surface area is 169 Å². The van der Waals surface area contributed by atoms with Gasteiger partial charge in [0.25, 0.3) is 0 Å². The number of alkyl halides is 2. The standard InChI is InChI=1S/C21H30F2O6/c1-4-19(2,3)16(24)27-5-6-28-18(26)21(22,23)29-17(25)20-10-13-7-14(11-20)9-15(8-13)12-20/h13-15H,4-12H2,1-3H3. The van der Waals surface area contributed by atoms with Crippen molar-refractivity contribution in [3.05, 3.63) is 0 Å². The van der Waals surface area contributed by atoms with E-state index >= 15 is 0 Å². The molecule has 0 aromatic rings. The van der Waals surface area contributed by atoms with Gasteiger partial charge in [-0.25, -0.2) is 4.79 Å². The molecule has 4 saturated carbocycles. The molecular formula is C21H30F2O6. The summed E-state index contributed by atoms with van der Waals surface area (Å²) in [5, 5.41) is 0. The van der Waals surface area contributed by atoms with Crippen LogP contribution < -0.4 is 0 Å². The van der Waals surface area contributed by atoms with E-state index in [9.17, 15) is 23.2 Å². The molecule has 4 rings (SSSR count). The molecule has 4 fully saturated rings. The maximum atomic E-state index is 14.2. The lowest BCUT2D eigenvalue weighted by Crippen LogP contribution is -2.52. The zero-order chi connectivity index (χ0) is 21.4. The van der Waals surface area contributed by atoms with Gasteiger partial charge in [0.05, 0.1) is 10.8 Å². The van der Waals surface area contributed by atoms with Crippen LogP contribution in [0.25, 0.3) is 0 Å². The fourth-order valence-electron chi connectivity index (χ4n) is 5.32. The second kappa shape index (κ2) is 7.84. The Kier molecular flexibility index (Phi) is 5.94. The summed E-state index contributed by atoms with van der Waals surface area (Å²) in [4.78, 5) is 36.1. The highest BCUT2D eigenvalue weighted by Crippen LogP contribution is 2.60. The van der Waals surface area contributed by atoms with Crippen LogP contribution in [0.3, 0.4) is 0 Å². The van der Waals surface area contributed by atoms with Gasteiger partial charge in [0.15, 0.2) is 0 Å². The van der Waals surface area contributed by atoms with E-state index in [2.05, 4.69) is 9.47 Å². The summed E-state index contributed by atoms with van der Waals surface area (Å²) in [6, 6.07) is 0. The average molecular weight is 416 g/mol. The first-order valence-electron chi connectivity index (χ1n) is 10.4. The van der Waals surface area contributed by atoms with E-state index in [0.29, 0.717) is 43.4 Å². The smallest absolute Gasteiger partial charge is 0.462 e. The van der Waals surface area contributed by atoms with Gasteiger partial charge in [-0.3, -0.25) is 9.59 Å². The van der Waals surface area contributed by atoms with Gasteiger partial charge in [-0.05, 0) is 76.5 Å². The maximum Gasteiger partial charge on any atom is 0.504 e. The Morgan fingerprint density at radius 2 is 1.34 bits per heavy atom. The molecule has 0 amide bonds. The summed E-state index contributed by atoms with van der Waals surface area (Å²) in [6.07, 6.45) is 1.04. The van der Waals surface area contributed by atoms with Crippen molar-refractivity contribution >= 4 is 17.9 Å². The quantitative estimate of drug-likeness (QED) is 0.340. The van der Waals surface area contributed by atoms with Crippen molar-refractivity contribution in [1.82, 2.24) is 0 Å². The molecular weight excluding hydrogens is 386 g/mol. The van der Waals surface area contributed by atoms with E-state index < -0.39 is 41.5 Å². The van der Waals surface area contributed by atoms with Crippen LogP contribution in [0.5, 0.6) is 0 Å². The van der Waals surface area contributed by atoms with Gasteiger partial charge < -0.3 is 14.2 Å². The molecule has 0 radical (unpaired) electrons. The van der Waals surface area contributed by atoms with Crippen LogP contribution >= 0.6 is 0 Å². The minimum atomic E-state index is -4.35. The van der Waals surface area contributed by atoms with E-state index in [1.165, 1.54) is 0 Å². The first-order valence-corrected chi connectivity index (χ1v) is 10.4. The number of hydrogen-bond donors (Lipinski definition) is 0. The van der Waals surface area contributed by atoms with Crippen LogP contribution in [0.4, 0.5) is 8.78 Å². The average Bonchev–Trinajstić information content (AvgIpc) is 2.63. The Morgan fingerprint density at radius 1 is 0.897 bits per heavy atom. The molecule has 0 N–H and O–H groups in total. The number of carbonyl (C=O) groups is 3. The molecule has 0 saturated heterocycles. The van der Waals surface area contributed by atoms with E-state index in [1.54, 1.807) is 13.8 Å². The molecule has 4 aliphatic rings.